The van der Waals surface area contributed by atoms with Crippen LogP contribution in [0.25, 0.3) is 0 Å². The van der Waals surface area contributed by atoms with Gasteiger partial charge >= 0.3 is 7.82 Å². The van der Waals surface area contributed by atoms with Crippen LogP contribution in [0.1, 0.15) is 187 Å². The van der Waals surface area contributed by atoms with E-state index < -0.39 is 20.0 Å². The van der Waals surface area contributed by atoms with Crippen LogP contribution in [0.15, 0.2) is 24.3 Å². The number of aliphatic hydroxyl groups is 1. The van der Waals surface area contributed by atoms with Crippen molar-refractivity contribution in [2.24, 2.45) is 0 Å². The van der Waals surface area contributed by atoms with Crippen molar-refractivity contribution in [3.8, 4) is 0 Å². The Kier molecular flexibility index (Phi) is 34.0. The molecule has 0 spiro atoms. The van der Waals surface area contributed by atoms with Crippen LogP contribution in [0.2, 0.25) is 0 Å². The van der Waals surface area contributed by atoms with Gasteiger partial charge in [-0.25, -0.2) is 4.57 Å². The van der Waals surface area contributed by atoms with Gasteiger partial charge in [0.25, 0.3) is 0 Å². The predicted octanol–water partition coefficient (Wildman–Crippen LogP) is 11.4. The zero-order valence-electron chi connectivity index (χ0n) is 34.1. The molecule has 3 atom stereocenters. The molecule has 51 heavy (non-hydrogen) atoms. The maximum absolute atomic E-state index is 12.8. The average molecular weight is 744 g/mol. The third kappa shape index (κ3) is 37.1. The van der Waals surface area contributed by atoms with Gasteiger partial charge in [0.05, 0.1) is 39.9 Å². The second-order valence-corrected chi connectivity index (χ2v) is 17.2. The number of phosphoric acid groups is 1. The summed E-state index contributed by atoms with van der Waals surface area (Å²) in [4.78, 5) is 23.0. The van der Waals surface area contributed by atoms with Crippen molar-refractivity contribution in [3.05, 3.63) is 24.3 Å². The number of hydrogen-bond donors (Lipinski definition) is 3. The van der Waals surface area contributed by atoms with Gasteiger partial charge in [-0.05, 0) is 32.1 Å². The Morgan fingerprint density at radius 1 is 0.647 bits per heavy atom. The van der Waals surface area contributed by atoms with Gasteiger partial charge in [0.2, 0.25) is 5.91 Å². The number of likely N-dealkylation sites (N-methyl/N-ethyl adjacent to an activating group) is 1. The molecular formula is C42H84N2O6P+. The van der Waals surface area contributed by atoms with Gasteiger partial charge in [-0.3, -0.25) is 13.8 Å². The summed E-state index contributed by atoms with van der Waals surface area (Å²) in [5.41, 5.74) is 0. The van der Waals surface area contributed by atoms with Crippen molar-refractivity contribution >= 4 is 13.7 Å². The van der Waals surface area contributed by atoms with Crippen LogP contribution in [-0.2, 0) is 18.4 Å². The van der Waals surface area contributed by atoms with E-state index in [2.05, 4.69) is 31.3 Å². The molecule has 8 nitrogen and oxygen atoms in total. The number of phosphoric ester groups is 1. The zero-order chi connectivity index (χ0) is 37.9. The summed E-state index contributed by atoms with van der Waals surface area (Å²) in [6, 6.07) is -0.856. The van der Waals surface area contributed by atoms with E-state index in [0.29, 0.717) is 17.4 Å². The van der Waals surface area contributed by atoms with Crippen molar-refractivity contribution < 1.29 is 32.9 Å². The number of aliphatic hydroxyl groups excluding tert-OH is 1. The van der Waals surface area contributed by atoms with E-state index in [9.17, 15) is 19.4 Å². The lowest BCUT2D eigenvalue weighted by atomic mass is 10.0. The zero-order valence-corrected chi connectivity index (χ0v) is 35.0. The van der Waals surface area contributed by atoms with Crippen molar-refractivity contribution in [2.45, 2.75) is 199 Å². The van der Waals surface area contributed by atoms with Crippen LogP contribution < -0.4 is 5.32 Å². The molecule has 3 unspecified atom stereocenters. The normalized spacial score (nSPS) is 14.7. The third-order valence-corrected chi connectivity index (χ3v) is 10.4. The highest BCUT2D eigenvalue weighted by Crippen LogP contribution is 2.43. The lowest BCUT2D eigenvalue weighted by Gasteiger charge is -2.25. The van der Waals surface area contributed by atoms with Crippen LogP contribution in [0.3, 0.4) is 0 Å². The van der Waals surface area contributed by atoms with E-state index in [1.165, 1.54) is 128 Å². The smallest absolute Gasteiger partial charge is 0.387 e. The fraction of sp³-hybridized carbons (Fsp3) is 0.881. The van der Waals surface area contributed by atoms with Gasteiger partial charge in [0.15, 0.2) is 0 Å². The molecule has 1 amide bonds. The summed E-state index contributed by atoms with van der Waals surface area (Å²) in [5, 5.41) is 13.8. The molecule has 0 heterocycles. The number of amides is 1. The lowest BCUT2D eigenvalue weighted by Crippen LogP contribution is -2.45. The first-order valence-corrected chi connectivity index (χ1v) is 22.7. The number of unbranched alkanes of at least 4 members (excludes halogenated alkanes) is 23. The van der Waals surface area contributed by atoms with Crippen molar-refractivity contribution in [1.82, 2.24) is 5.32 Å². The summed E-state index contributed by atoms with van der Waals surface area (Å²) >= 11 is 0. The summed E-state index contributed by atoms with van der Waals surface area (Å²) in [6.07, 6.45) is 39.7. The van der Waals surface area contributed by atoms with Crippen molar-refractivity contribution in [2.75, 3.05) is 40.9 Å². The van der Waals surface area contributed by atoms with Gasteiger partial charge in [-0.15, -0.1) is 0 Å². The van der Waals surface area contributed by atoms with Gasteiger partial charge < -0.3 is 19.8 Å². The van der Waals surface area contributed by atoms with Gasteiger partial charge in [0, 0.05) is 6.42 Å². The number of allylic oxidation sites excluding steroid dienone is 3. The monoisotopic (exact) mass is 744 g/mol. The first-order chi connectivity index (χ1) is 24.5. The highest BCUT2D eigenvalue weighted by atomic mass is 31.2. The first kappa shape index (κ1) is 50.0. The van der Waals surface area contributed by atoms with Crippen LogP contribution in [0.5, 0.6) is 0 Å². The van der Waals surface area contributed by atoms with Gasteiger partial charge in [-0.1, -0.05) is 173 Å². The van der Waals surface area contributed by atoms with Crippen LogP contribution >= 0.6 is 7.82 Å². The van der Waals surface area contributed by atoms with E-state index in [-0.39, 0.29) is 19.1 Å². The molecule has 0 radical (unpaired) electrons. The van der Waals surface area contributed by atoms with Crippen molar-refractivity contribution in [1.29, 1.82) is 0 Å². The summed E-state index contributed by atoms with van der Waals surface area (Å²) in [5.74, 6) is -0.189. The number of nitrogens with zero attached hydrogens (tertiary/aromatic N) is 1. The van der Waals surface area contributed by atoms with Crippen LogP contribution in [0, 0.1) is 0 Å². The highest BCUT2D eigenvalue weighted by molar-refractivity contribution is 7.47. The number of quaternary nitrogens is 1. The van der Waals surface area contributed by atoms with E-state index in [0.717, 1.165) is 38.5 Å². The quantitative estimate of drug-likeness (QED) is 0.0252. The Balaban J connectivity index is 4.45. The minimum atomic E-state index is -4.33. The Labute approximate surface area is 315 Å². The van der Waals surface area contributed by atoms with E-state index in [1.807, 2.05) is 27.2 Å². The molecule has 0 saturated carbocycles. The Hall–Kier alpha value is -1.02. The third-order valence-electron chi connectivity index (χ3n) is 9.42. The fourth-order valence-corrected chi connectivity index (χ4v) is 6.73. The Morgan fingerprint density at radius 3 is 1.57 bits per heavy atom. The average Bonchev–Trinajstić information content (AvgIpc) is 3.07. The summed E-state index contributed by atoms with van der Waals surface area (Å²) in [6.45, 7) is 4.77. The number of carbonyl (C=O) groups excluding carboxylic acids is 1. The lowest BCUT2D eigenvalue weighted by molar-refractivity contribution is -0.870. The summed E-state index contributed by atoms with van der Waals surface area (Å²) in [7, 11) is 1.56. The molecular weight excluding hydrogens is 659 g/mol. The fourth-order valence-electron chi connectivity index (χ4n) is 6.00. The minimum Gasteiger partial charge on any atom is -0.387 e. The maximum atomic E-state index is 12.8. The molecule has 0 aliphatic carbocycles. The van der Waals surface area contributed by atoms with Crippen molar-refractivity contribution in [3.63, 3.8) is 0 Å². The number of hydrogen-bond acceptors (Lipinski definition) is 5. The molecule has 0 saturated heterocycles. The molecule has 0 aliphatic rings. The van der Waals surface area contributed by atoms with Gasteiger partial charge in [0.1, 0.15) is 13.2 Å². The van der Waals surface area contributed by atoms with Crippen LogP contribution in [-0.4, -0.2) is 73.4 Å². The Bertz CT molecular complexity index is 891. The molecule has 0 aliphatic heterocycles. The Morgan fingerprint density at radius 2 is 1.08 bits per heavy atom. The molecule has 302 valence electrons. The largest absolute Gasteiger partial charge is 0.472 e. The SMILES string of the molecule is CCCCCCCCCCCCCCC/C=C/CC/C=C/C(O)C(COP(=O)(O)OCC[N+](C)(C)C)NC(=O)CCCCCCCCCCCC. The number of rotatable bonds is 38. The van der Waals surface area contributed by atoms with E-state index in [1.54, 1.807) is 6.08 Å². The first-order valence-electron chi connectivity index (χ1n) is 21.2. The van der Waals surface area contributed by atoms with E-state index in [4.69, 9.17) is 9.05 Å². The predicted molar refractivity (Wildman–Crippen MR) is 217 cm³/mol. The molecule has 0 fully saturated rings. The topological polar surface area (TPSA) is 105 Å². The highest BCUT2D eigenvalue weighted by Gasteiger charge is 2.27. The second-order valence-electron chi connectivity index (χ2n) is 15.7. The molecule has 0 rings (SSSR count). The number of carbonyl (C=O) groups is 1. The maximum Gasteiger partial charge on any atom is 0.472 e. The molecule has 3 N–H and O–H groups in total. The summed E-state index contributed by atoms with van der Waals surface area (Å²) < 4.78 is 23.5. The molecule has 0 aromatic heterocycles. The molecule has 9 heteroatoms. The van der Waals surface area contributed by atoms with Gasteiger partial charge in [-0.2, -0.15) is 0 Å². The standard InChI is InChI=1S/C42H83N2O6P/c1-6-8-10-12-14-16-18-19-20-21-22-23-24-25-26-27-29-31-33-35-41(45)40(39-50-51(47,48)49-38-37-44(3,4)5)43-42(46)36-34-32-30-28-17-15-13-11-9-7-2/h26-27,33,35,40-41,45H,6-25,28-32,34,36-39H2,1-5H3,(H-,43,46,47,48)/p+1/b27-26+,35-33+. The molecule has 0 aromatic rings. The minimum absolute atomic E-state index is 0.0579. The van der Waals surface area contributed by atoms with E-state index >= 15 is 0 Å². The van der Waals surface area contributed by atoms with Crippen LogP contribution in [0.4, 0.5) is 0 Å². The molecule has 0 aromatic carbocycles. The second kappa shape index (κ2) is 34.7. The molecule has 0 bridgehead atoms. The number of nitrogens with one attached hydrogen (secondary N) is 1.